The molecule has 0 unspecified atom stereocenters. The van der Waals surface area contributed by atoms with Crippen molar-refractivity contribution < 1.29 is 9.53 Å². The maximum atomic E-state index is 11.9. The van der Waals surface area contributed by atoms with E-state index in [0.29, 0.717) is 5.69 Å². The van der Waals surface area contributed by atoms with Crippen LogP contribution in [0.25, 0.3) is 6.08 Å². The highest BCUT2D eigenvalue weighted by molar-refractivity contribution is 6.02. The van der Waals surface area contributed by atoms with E-state index in [9.17, 15) is 4.79 Å². The number of amides is 1. The first-order valence-corrected chi connectivity index (χ1v) is 6.58. The molecule has 0 aliphatic heterocycles. The van der Waals surface area contributed by atoms with Crippen LogP contribution >= 0.6 is 0 Å². The van der Waals surface area contributed by atoms with Crippen LogP contribution in [0.5, 0.6) is 5.75 Å². The lowest BCUT2D eigenvalue weighted by molar-refractivity contribution is -0.111. The lowest BCUT2D eigenvalue weighted by Gasteiger charge is -2.08. The third kappa shape index (κ3) is 4.11. The number of nitrogen functional groups attached to an aromatic ring is 1. The van der Waals surface area contributed by atoms with Gasteiger partial charge in [-0.3, -0.25) is 4.79 Å². The fourth-order valence-electron chi connectivity index (χ4n) is 1.86. The number of nitrogens with two attached hydrogens (primary N) is 1. The minimum atomic E-state index is -0.180. The van der Waals surface area contributed by atoms with Crippen LogP contribution in [0.2, 0.25) is 0 Å². The first-order chi connectivity index (χ1) is 10.1. The fourth-order valence-corrected chi connectivity index (χ4v) is 1.86. The number of hydrogen-bond acceptors (Lipinski definition) is 3. The highest BCUT2D eigenvalue weighted by atomic mass is 16.5. The van der Waals surface area contributed by atoms with Crippen LogP contribution in [0, 0.1) is 6.92 Å². The standard InChI is InChI=1S/C17H18N2O2/c1-12-11-15(21-2)8-9-16(12)19-17(20)10-5-13-3-6-14(18)7-4-13/h3-11H,18H2,1-2H3,(H,19,20)/b10-5+. The summed E-state index contributed by atoms with van der Waals surface area (Å²) in [6, 6.07) is 12.8. The molecule has 3 N–H and O–H groups in total. The highest BCUT2D eigenvalue weighted by Crippen LogP contribution is 2.21. The average molecular weight is 282 g/mol. The number of hydrogen-bond donors (Lipinski definition) is 2. The third-order valence-electron chi connectivity index (χ3n) is 3.06. The van der Waals surface area contributed by atoms with Crippen molar-refractivity contribution in [3.8, 4) is 5.75 Å². The molecule has 0 aliphatic carbocycles. The SMILES string of the molecule is COc1ccc(NC(=O)/C=C/c2ccc(N)cc2)c(C)c1. The van der Waals surface area contributed by atoms with Crippen LogP contribution in [0.3, 0.4) is 0 Å². The van der Waals surface area contributed by atoms with Crippen molar-refractivity contribution in [2.75, 3.05) is 18.2 Å². The number of ether oxygens (including phenoxy) is 1. The van der Waals surface area contributed by atoms with Gasteiger partial charge in [-0.15, -0.1) is 0 Å². The Morgan fingerprint density at radius 3 is 2.52 bits per heavy atom. The van der Waals surface area contributed by atoms with Gasteiger partial charge in [-0.05, 0) is 54.5 Å². The molecule has 0 aromatic heterocycles. The Labute approximate surface area is 124 Å². The Morgan fingerprint density at radius 2 is 1.90 bits per heavy atom. The van der Waals surface area contributed by atoms with Crippen molar-refractivity contribution in [2.45, 2.75) is 6.92 Å². The molecule has 0 saturated carbocycles. The summed E-state index contributed by atoms with van der Waals surface area (Å²) < 4.78 is 5.13. The summed E-state index contributed by atoms with van der Waals surface area (Å²) in [4.78, 5) is 11.9. The normalized spacial score (nSPS) is 10.6. The number of carbonyl (C=O) groups excluding carboxylic acids is 1. The Morgan fingerprint density at radius 1 is 1.19 bits per heavy atom. The second kappa shape index (κ2) is 6.61. The predicted molar refractivity (Wildman–Crippen MR) is 86.2 cm³/mol. The molecular formula is C17H18N2O2. The van der Waals surface area contributed by atoms with Crippen LogP contribution in [0.1, 0.15) is 11.1 Å². The van der Waals surface area contributed by atoms with E-state index in [-0.39, 0.29) is 5.91 Å². The summed E-state index contributed by atoms with van der Waals surface area (Å²) in [5.41, 5.74) is 8.95. The maximum absolute atomic E-state index is 11.9. The van der Waals surface area contributed by atoms with Gasteiger partial charge in [0.05, 0.1) is 7.11 Å². The lowest BCUT2D eigenvalue weighted by Crippen LogP contribution is -2.08. The molecule has 108 valence electrons. The van der Waals surface area contributed by atoms with Gasteiger partial charge >= 0.3 is 0 Å². The molecule has 0 spiro atoms. The molecule has 0 bridgehead atoms. The number of benzene rings is 2. The van der Waals surface area contributed by atoms with Crippen molar-refractivity contribution in [3.63, 3.8) is 0 Å². The largest absolute Gasteiger partial charge is 0.497 e. The molecular weight excluding hydrogens is 264 g/mol. The third-order valence-corrected chi connectivity index (χ3v) is 3.06. The molecule has 4 heteroatoms. The van der Waals surface area contributed by atoms with Crippen molar-refractivity contribution in [3.05, 3.63) is 59.7 Å². The van der Waals surface area contributed by atoms with E-state index in [0.717, 1.165) is 22.6 Å². The highest BCUT2D eigenvalue weighted by Gasteiger charge is 2.03. The van der Waals surface area contributed by atoms with Crippen molar-refractivity contribution >= 4 is 23.4 Å². The van der Waals surface area contributed by atoms with Gasteiger partial charge in [0.2, 0.25) is 5.91 Å². The summed E-state index contributed by atoms with van der Waals surface area (Å²) in [7, 11) is 1.61. The van der Waals surface area contributed by atoms with Gasteiger partial charge in [-0.1, -0.05) is 12.1 Å². The van der Waals surface area contributed by atoms with Crippen molar-refractivity contribution in [1.29, 1.82) is 0 Å². The van der Waals surface area contributed by atoms with Crippen LogP contribution in [-0.4, -0.2) is 13.0 Å². The smallest absolute Gasteiger partial charge is 0.248 e. The average Bonchev–Trinajstić information content (AvgIpc) is 2.48. The van der Waals surface area contributed by atoms with E-state index >= 15 is 0 Å². The molecule has 0 fully saturated rings. The molecule has 0 saturated heterocycles. The summed E-state index contributed by atoms with van der Waals surface area (Å²) in [5, 5.41) is 2.84. The van der Waals surface area contributed by atoms with E-state index < -0.39 is 0 Å². The molecule has 2 rings (SSSR count). The zero-order chi connectivity index (χ0) is 15.2. The van der Waals surface area contributed by atoms with E-state index in [1.807, 2.05) is 37.3 Å². The minimum Gasteiger partial charge on any atom is -0.497 e. The van der Waals surface area contributed by atoms with Gasteiger partial charge in [-0.25, -0.2) is 0 Å². The zero-order valence-corrected chi connectivity index (χ0v) is 12.1. The van der Waals surface area contributed by atoms with Crippen molar-refractivity contribution in [2.24, 2.45) is 0 Å². The molecule has 0 heterocycles. The quantitative estimate of drug-likeness (QED) is 0.668. The minimum absolute atomic E-state index is 0.180. The molecule has 21 heavy (non-hydrogen) atoms. The Balaban J connectivity index is 2.03. The Hall–Kier alpha value is -2.75. The second-order valence-corrected chi connectivity index (χ2v) is 4.67. The predicted octanol–water partition coefficient (Wildman–Crippen LogP) is 3.24. The van der Waals surface area contributed by atoms with E-state index in [4.69, 9.17) is 10.5 Å². The molecule has 1 amide bonds. The number of aryl methyl sites for hydroxylation is 1. The number of anilines is 2. The molecule has 4 nitrogen and oxygen atoms in total. The van der Waals surface area contributed by atoms with Gasteiger partial charge in [0.25, 0.3) is 0 Å². The number of methoxy groups -OCH3 is 1. The second-order valence-electron chi connectivity index (χ2n) is 4.67. The molecule has 2 aromatic carbocycles. The summed E-state index contributed by atoms with van der Waals surface area (Å²) in [5.74, 6) is 0.586. The Kier molecular flexibility index (Phi) is 4.61. The van der Waals surface area contributed by atoms with E-state index in [1.165, 1.54) is 6.08 Å². The zero-order valence-electron chi connectivity index (χ0n) is 12.1. The molecule has 0 radical (unpaired) electrons. The summed E-state index contributed by atoms with van der Waals surface area (Å²) >= 11 is 0. The number of nitrogens with one attached hydrogen (secondary N) is 1. The Bertz CT molecular complexity index is 661. The topological polar surface area (TPSA) is 64.3 Å². The van der Waals surface area contributed by atoms with Crippen LogP contribution in [0.4, 0.5) is 11.4 Å². The van der Waals surface area contributed by atoms with Crippen LogP contribution < -0.4 is 15.8 Å². The van der Waals surface area contributed by atoms with Gasteiger partial charge in [0.1, 0.15) is 5.75 Å². The van der Waals surface area contributed by atoms with Gasteiger partial charge < -0.3 is 15.8 Å². The number of carbonyl (C=O) groups is 1. The monoisotopic (exact) mass is 282 g/mol. The van der Waals surface area contributed by atoms with Crippen LogP contribution in [-0.2, 0) is 4.79 Å². The van der Waals surface area contributed by atoms with Gasteiger partial charge in [0, 0.05) is 17.5 Å². The van der Waals surface area contributed by atoms with Crippen molar-refractivity contribution in [1.82, 2.24) is 0 Å². The number of rotatable bonds is 4. The summed E-state index contributed by atoms with van der Waals surface area (Å²) in [6.45, 7) is 1.92. The van der Waals surface area contributed by atoms with Crippen LogP contribution in [0.15, 0.2) is 48.5 Å². The first kappa shape index (κ1) is 14.7. The van der Waals surface area contributed by atoms with E-state index in [1.54, 1.807) is 25.3 Å². The van der Waals surface area contributed by atoms with E-state index in [2.05, 4.69) is 5.32 Å². The molecule has 0 atom stereocenters. The molecule has 2 aromatic rings. The first-order valence-electron chi connectivity index (χ1n) is 6.58. The fraction of sp³-hybridized carbons (Fsp3) is 0.118. The summed E-state index contributed by atoms with van der Waals surface area (Å²) in [6.07, 6.45) is 3.24. The maximum Gasteiger partial charge on any atom is 0.248 e. The van der Waals surface area contributed by atoms with Gasteiger partial charge in [-0.2, -0.15) is 0 Å². The molecule has 0 aliphatic rings. The lowest BCUT2D eigenvalue weighted by atomic mass is 10.1. The van der Waals surface area contributed by atoms with Gasteiger partial charge in [0.15, 0.2) is 0 Å².